The van der Waals surface area contributed by atoms with Gasteiger partial charge >= 0.3 is 0 Å². The van der Waals surface area contributed by atoms with Gasteiger partial charge in [0.25, 0.3) is 6.01 Å². The molecule has 0 amide bonds. The van der Waals surface area contributed by atoms with Crippen molar-refractivity contribution in [2.75, 3.05) is 23.3 Å². The first-order chi connectivity index (χ1) is 15.1. The Hall–Kier alpha value is -3.98. The molecule has 0 radical (unpaired) electrons. The summed E-state index contributed by atoms with van der Waals surface area (Å²) in [7, 11) is 0. The van der Waals surface area contributed by atoms with Crippen molar-refractivity contribution >= 4 is 34.5 Å². The summed E-state index contributed by atoms with van der Waals surface area (Å²) < 4.78 is 5.31. The number of fused-ring (bicyclic) bond motifs is 2. The summed E-state index contributed by atoms with van der Waals surface area (Å²) in [6, 6.07) is 11.8. The van der Waals surface area contributed by atoms with Crippen LogP contribution in [0, 0.1) is 5.41 Å². The summed E-state index contributed by atoms with van der Waals surface area (Å²) in [5.41, 5.74) is 18.0. The van der Waals surface area contributed by atoms with E-state index in [2.05, 4.69) is 43.8 Å². The van der Waals surface area contributed by atoms with Crippen LogP contribution >= 0.6 is 0 Å². The van der Waals surface area contributed by atoms with Crippen molar-refractivity contribution < 1.29 is 4.42 Å². The highest BCUT2D eigenvalue weighted by atomic mass is 16.4. The van der Waals surface area contributed by atoms with Crippen LogP contribution in [-0.2, 0) is 19.5 Å². The van der Waals surface area contributed by atoms with Gasteiger partial charge in [0.15, 0.2) is 5.58 Å². The van der Waals surface area contributed by atoms with Gasteiger partial charge < -0.3 is 26.5 Å². The number of oxazole rings is 1. The number of benzene rings is 2. The van der Waals surface area contributed by atoms with E-state index < -0.39 is 0 Å². The third-order valence-corrected chi connectivity index (χ3v) is 5.44. The largest absolute Gasteiger partial charge is 0.424 e. The zero-order valence-electron chi connectivity index (χ0n) is 16.8. The Morgan fingerprint density at radius 1 is 1.13 bits per heavy atom. The number of nitrogens with one attached hydrogen (secondary N) is 3. The Morgan fingerprint density at radius 3 is 2.94 bits per heavy atom. The van der Waals surface area contributed by atoms with Crippen LogP contribution in [-0.4, -0.2) is 27.2 Å². The van der Waals surface area contributed by atoms with E-state index >= 15 is 0 Å². The topological polar surface area (TPSA) is 152 Å². The van der Waals surface area contributed by atoms with Crippen molar-refractivity contribution in [1.82, 2.24) is 20.3 Å². The van der Waals surface area contributed by atoms with Crippen LogP contribution in [0.5, 0.6) is 0 Å². The lowest BCUT2D eigenvalue weighted by Crippen LogP contribution is -2.23. The number of hydrogen-bond acceptors (Lipinski definition) is 9. The highest BCUT2D eigenvalue weighted by Crippen LogP contribution is 2.25. The van der Waals surface area contributed by atoms with Crippen LogP contribution in [0.2, 0.25) is 0 Å². The predicted octanol–water partition coefficient (Wildman–Crippen LogP) is 2.46. The van der Waals surface area contributed by atoms with E-state index in [0.717, 1.165) is 25.1 Å². The molecule has 1 aliphatic heterocycles. The van der Waals surface area contributed by atoms with Gasteiger partial charge in [-0.3, -0.25) is 5.41 Å². The molecule has 4 aromatic rings. The maximum absolute atomic E-state index is 8.75. The van der Waals surface area contributed by atoms with E-state index in [1.54, 1.807) is 18.2 Å². The summed E-state index contributed by atoms with van der Waals surface area (Å²) >= 11 is 0. The lowest BCUT2D eigenvalue weighted by atomic mass is 9.98. The Bertz CT molecular complexity index is 1300. The molecule has 5 rings (SSSR count). The summed E-state index contributed by atoms with van der Waals surface area (Å²) in [5.74, 6) is 0.746. The molecule has 0 bridgehead atoms. The molecule has 156 valence electrons. The Labute approximate surface area is 178 Å². The summed E-state index contributed by atoms with van der Waals surface area (Å²) in [6.07, 6.45) is 2.42. The normalized spacial score (nSPS) is 13.2. The van der Waals surface area contributed by atoms with Gasteiger partial charge in [0.2, 0.25) is 0 Å². The molecule has 0 atom stereocenters. The van der Waals surface area contributed by atoms with E-state index in [4.69, 9.17) is 21.3 Å². The molecule has 2 aromatic carbocycles. The number of nitrogens with zero attached hydrogens (tertiary/aromatic N) is 3. The molecular weight excluding hydrogens is 392 g/mol. The first-order valence-corrected chi connectivity index (χ1v) is 9.99. The molecule has 9 nitrogen and oxygen atoms in total. The minimum absolute atomic E-state index is 0.0874. The van der Waals surface area contributed by atoms with Crippen LogP contribution in [0.15, 0.2) is 47.1 Å². The lowest BCUT2D eigenvalue weighted by molar-refractivity contribution is 0.626. The molecule has 2 aromatic heterocycles. The van der Waals surface area contributed by atoms with E-state index in [0.29, 0.717) is 34.6 Å². The standard InChI is InChI=1S/C22H22N8O/c23-19(14-3-4-17-16(8-14)30-22(25)31-17)18-20(24)28-11-29-21(18)27-9-12-1-2-15-10-26-6-5-13(15)7-12/h1-4,7-8,11,23,26H,5-6,9-10H2,(H2,25,30)(H3,24,27,28,29). The third kappa shape index (κ3) is 3.66. The summed E-state index contributed by atoms with van der Waals surface area (Å²) in [5, 5.41) is 15.5. The zero-order chi connectivity index (χ0) is 21.4. The minimum Gasteiger partial charge on any atom is -0.424 e. The number of hydrogen-bond donors (Lipinski definition) is 5. The van der Waals surface area contributed by atoms with E-state index in [1.165, 1.54) is 17.5 Å². The number of nitrogens with two attached hydrogens (primary N) is 2. The Morgan fingerprint density at radius 2 is 2.03 bits per heavy atom. The lowest BCUT2D eigenvalue weighted by Gasteiger charge is -2.18. The monoisotopic (exact) mass is 414 g/mol. The molecule has 0 fully saturated rings. The smallest absolute Gasteiger partial charge is 0.292 e. The summed E-state index contributed by atoms with van der Waals surface area (Å²) in [6.45, 7) is 2.47. The van der Waals surface area contributed by atoms with Gasteiger partial charge in [-0.15, -0.1) is 0 Å². The molecule has 7 N–H and O–H groups in total. The molecule has 0 aliphatic carbocycles. The Balaban J connectivity index is 1.42. The van der Waals surface area contributed by atoms with Gasteiger partial charge in [-0.25, -0.2) is 9.97 Å². The molecule has 0 saturated carbocycles. The van der Waals surface area contributed by atoms with Crippen molar-refractivity contribution in [2.24, 2.45) is 0 Å². The van der Waals surface area contributed by atoms with E-state index in [9.17, 15) is 0 Å². The molecule has 0 unspecified atom stereocenters. The van der Waals surface area contributed by atoms with Gasteiger partial charge in [0.05, 0.1) is 11.3 Å². The average Bonchev–Trinajstić information content (AvgIpc) is 3.16. The zero-order valence-corrected chi connectivity index (χ0v) is 16.8. The van der Waals surface area contributed by atoms with Gasteiger partial charge in [0, 0.05) is 18.7 Å². The highest BCUT2D eigenvalue weighted by molar-refractivity contribution is 6.17. The predicted molar refractivity (Wildman–Crippen MR) is 120 cm³/mol. The maximum Gasteiger partial charge on any atom is 0.292 e. The van der Waals surface area contributed by atoms with Crippen molar-refractivity contribution in [1.29, 1.82) is 5.41 Å². The molecule has 1 aliphatic rings. The van der Waals surface area contributed by atoms with Gasteiger partial charge in [-0.05, 0) is 47.9 Å². The minimum atomic E-state index is 0.0874. The van der Waals surface area contributed by atoms with Gasteiger partial charge in [0.1, 0.15) is 23.5 Å². The fourth-order valence-corrected chi connectivity index (χ4v) is 3.85. The van der Waals surface area contributed by atoms with Crippen molar-refractivity contribution in [3.05, 3.63) is 70.5 Å². The number of aromatic nitrogens is 3. The summed E-state index contributed by atoms with van der Waals surface area (Å²) in [4.78, 5) is 12.6. The Kier molecular flexibility index (Phi) is 4.72. The van der Waals surface area contributed by atoms with Gasteiger partial charge in [-0.2, -0.15) is 4.98 Å². The van der Waals surface area contributed by atoms with Crippen LogP contribution < -0.4 is 22.1 Å². The van der Waals surface area contributed by atoms with Crippen LogP contribution in [0.3, 0.4) is 0 Å². The first kappa shape index (κ1) is 19.0. The molecule has 0 saturated heterocycles. The molecular formula is C22H22N8O. The number of anilines is 3. The maximum atomic E-state index is 8.75. The van der Waals surface area contributed by atoms with Crippen LogP contribution in [0.4, 0.5) is 17.7 Å². The average molecular weight is 414 g/mol. The third-order valence-electron chi connectivity index (χ3n) is 5.44. The first-order valence-electron chi connectivity index (χ1n) is 9.99. The molecule has 31 heavy (non-hydrogen) atoms. The van der Waals surface area contributed by atoms with Crippen LogP contribution in [0.25, 0.3) is 11.1 Å². The second-order valence-corrected chi connectivity index (χ2v) is 7.48. The number of nitrogen functional groups attached to an aromatic ring is 2. The van der Waals surface area contributed by atoms with E-state index in [-0.39, 0.29) is 17.5 Å². The highest BCUT2D eigenvalue weighted by Gasteiger charge is 2.18. The SMILES string of the molecule is N=C(c1ccc2oc(N)nc2c1)c1c(N)ncnc1NCc1ccc2c(c1)CCNC2. The van der Waals surface area contributed by atoms with Gasteiger partial charge in [-0.1, -0.05) is 18.2 Å². The fraction of sp³-hybridized carbons (Fsp3) is 0.182. The van der Waals surface area contributed by atoms with Crippen molar-refractivity contribution in [2.45, 2.75) is 19.5 Å². The molecule has 0 spiro atoms. The number of rotatable bonds is 5. The molecule has 9 heteroatoms. The van der Waals surface area contributed by atoms with Crippen LogP contribution in [0.1, 0.15) is 27.8 Å². The van der Waals surface area contributed by atoms with Crippen molar-refractivity contribution in [3.63, 3.8) is 0 Å². The van der Waals surface area contributed by atoms with E-state index in [1.807, 2.05) is 0 Å². The fourth-order valence-electron chi connectivity index (χ4n) is 3.85. The molecule has 3 heterocycles. The second kappa shape index (κ2) is 7.69. The van der Waals surface area contributed by atoms with Crippen molar-refractivity contribution in [3.8, 4) is 0 Å². The quantitative estimate of drug-likeness (QED) is 0.312. The second-order valence-electron chi connectivity index (χ2n) is 7.48.